The molecule has 1 aliphatic carbocycles. The van der Waals surface area contributed by atoms with Gasteiger partial charge in [0.2, 0.25) is 0 Å². The summed E-state index contributed by atoms with van der Waals surface area (Å²) < 4.78 is 4.17. The van der Waals surface area contributed by atoms with Gasteiger partial charge >= 0.3 is 0 Å². The van der Waals surface area contributed by atoms with Crippen LogP contribution in [0.4, 0.5) is 0 Å². The Kier molecular flexibility index (Phi) is 5.11. The molecule has 0 N–H and O–H groups in total. The van der Waals surface area contributed by atoms with E-state index in [2.05, 4.69) is 101 Å². The molecule has 3 nitrogen and oxygen atoms in total. The van der Waals surface area contributed by atoms with E-state index >= 15 is 0 Å². The lowest BCUT2D eigenvalue weighted by Crippen LogP contribution is -2.21. The van der Waals surface area contributed by atoms with Gasteiger partial charge in [-0.25, -0.2) is 0 Å². The molecule has 0 unspecified atom stereocenters. The summed E-state index contributed by atoms with van der Waals surface area (Å²) in [4.78, 5) is 14.3. The van der Waals surface area contributed by atoms with Gasteiger partial charge in [0.1, 0.15) is 5.65 Å². The number of hydrogen-bond acceptors (Lipinski definition) is 1. The topological polar surface area (TPSA) is 26.4 Å². The van der Waals surface area contributed by atoms with Crippen LogP contribution in [-0.2, 0) is 0 Å². The molecule has 1 aliphatic rings. The van der Waals surface area contributed by atoms with Crippen molar-refractivity contribution in [3.63, 3.8) is 0 Å². The second-order valence-corrected chi connectivity index (χ2v) is 11.3. The van der Waals surface area contributed by atoms with Gasteiger partial charge in [0.25, 0.3) is 5.56 Å². The minimum Gasteiger partial charge on any atom is -0.294 e. The third-order valence-corrected chi connectivity index (χ3v) is 9.00. The van der Waals surface area contributed by atoms with Crippen molar-refractivity contribution in [2.75, 3.05) is 0 Å². The van der Waals surface area contributed by atoms with Crippen LogP contribution in [0.2, 0.25) is 0 Å². The standard InChI is InChI=1S/C40H26N2O/c43-40-33-21-11-12-22-35(33)42-36-24-23-27(37-31-19-9-7-17-29(31)30-18-8-10-20-32(30)37)25-34(36)38(26-13-3-1-4-14-26)39(42)41(40)28-15-5-2-6-16-28/h1-25,37H. The molecule has 0 radical (unpaired) electrons. The van der Waals surface area contributed by atoms with E-state index in [9.17, 15) is 4.79 Å². The first-order valence-corrected chi connectivity index (χ1v) is 14.7. The maximum Gasteiger partial charge on any atom is 0.266 e. The van der Waals surface area contributed by atoms with Crippen molar-refractivity contribution >= 4 is 27.5 Å². The van der Waals surface area contributed by atoms with E-state index in [0.717, 1.165) is 38.9 Å². The summed E-state index contributed by atoms with van der Waals surface area (Å²) in [5.74, 6) is 0.136. The Hall–Kier alpha value is -5.67. The number of aromatic nitrogens is 2. The molecule has 0 aliphatic heterocycles. The van der Waals surface area contributed by atoms with Gasteiger partial charge in [-0.15, -0.1) is 0 Å². The summed E-state index contributed by atoms with van der Waals surface area (Å²) in [6.45, 7) is 0. The highest BCUT2D eigenvalue weighted by Crippen LogP contribution is 2.49. The maximum atomic E-state index is 14.3. The van der Waals surface area contributed by atoms with E-state index in [1.807, 2.05) is 59.2 Å². The van der Waals surface area contributed by atoms with Crippen LogP contribution in [0.3, 0.4) is 0 Å². The van der Waals surface area contributed by atoms with E-state index < -0.39 is 0 Å². The van der Waals surface area contributed by atoms with E-state index in [1.54, 1.807) is 0 Å². The van der Waals surface area contributed by atoms with Crippen molar-refractivity contribution in [2.24, 2.45) is 0 Å². The van der Waals surface area contributed by atoms with Crippen LogP contribution in [0.25, 0.3) is 55.4 Å². The Morgan fingerprint density at radius 2 is 1.09 bits per heavy atom. The zero-order valence-electron chi connectivity index (χ0n) is 23.3. The number of para-hydroxylation sites is 2. The Balaban J connectivity index is 1.46. The Morgan fingerprint density at radius 3 is 1.81 bits per heavy atom. The van der Waals surface area contributed by atoms with Gasteiger partial charge in [0.05, 0.1) is 22.1 Å². The van der Waals surface area contributed by atoms with Gasteiger partial charge in [0, 0.05) is 16.9 Å². The predicted molar refractivity (Wildman–Crippen MR) is 176 cm³/mol. The van der Waals surface area contributed by atoms with Crippen molar-refractivity contribution in [3.05, 3.63) is 179 Å². The molecule has 0 saturated carbocycles. The molecule has 2 aromatic heterocycles. The van der Waals surface area contributed by atoms with Crippen molar-refractivity contribution in [3.8, 4) is 27.9 Å². The molecule has 0 saturated heterocycles. The molecule has 8 aromatic rings. The SMILES string of the molecule is O=c1c2ccccc2n2c3ccc(C4c5ccccc5-c5ccccc54)cc3c(-c3ccccc3)c2n1-c1ccccc1. The van der Waals surface area contributed by atoms with Gasteiger partial charge < -0.3 is 0 Å². The average Bonchev–Trinajstić information content (AvgIpc) is 3.59. The summed E-state index contributed by atoms with van der Waals surface area (Å²) in [6.07, 6.45) is 0. The zero-order valence-corrected chi connectivity index (χ0v) is 23.3. The van der Waals surface area contributed by atoms with Gasteiger partial charge in [-0.1, -0.05) is 115 Å². The molecule has 0 amide bonds. The molecule has 0 fully saturated rings. The monoisotopic (exact) mass is 550 g/mol. The van der Waals surface area contributed by atoms with Gasteiger partial charge in [0.15, 0.2) is 0 Å². The molecule has 3 heteroatoms. The summed E-state index contributed by atoms with van der Waals surface area (Å²) in [7, 11) is 0. The molecule has 43 heavy (non-hydrogen) atoms. The van der Waals surface area contributed by atoms with Gasteiger partial charge in [-0.2, -0.15) is 0 Å². The van der Waals surface area contributed by atoms with E-state index in [1.165, 1.54) is 27.8 Å². The van der Waals surface area contributed by atoms with Crippen LogP contribution in [0.15, 0.2) is 156 Å². The molecule has 0 bridgehead atoms. The lowest BCUT2D eigenvalue weighted by molar-refractivity contribution is 1.01. The molecule has 2 heterocycles. The summed E-state index contributed by atoms with van der Waals surface area (Å²) in [6, 6.07) is 52.9. The first kappa shape index (κ1) is 24.0. The molecule has 9 rings (SSSR count). The fraction of sp³-hybridized carbons (Fsp3) is 0.0250. The molecule has 202 valence electrons. The van der Waals surface area contributed by atoms with Crippen LogP contribution >= 0.6 is 0 Å². The summed E-state index contributed by atoms with van der Waals surface area (Å²) in [5.41, 5.74) is 12.4. The van der Waals surface area contributed by atoms with Crippen molar-refractivity contribution in [2.45, 2.75) is 5.92 Å². The fourth-order valence-corrected chi connectivity index (χ4v) is 7.22. The lowest BCUT2D eigenvalue weighted by atomic mass is 9.88. The highest BCUT2D eigenvalue weighted by atomic mass is 16.1. The van der Waals surface area contributed by atoms with E-state index in [0.29, 0.717) is 5.39 Å². The maximum absolute atomic E-state index is 14.3. The fourth-order valence-electron chi connectivity index (χ4n) is 7.22. The highest BCUT2D eigenvalue weighted by Gasteiger charge is 2.30. The Labute approximate surface area is 248 Å². The summed E-state index contributed by atoms with van der Waals surface area (Å²) >= 11 is 0. The molecular formula is C40H26N2O. The summed E-state index contributed by atoms with van der Waals surface area (Å²) in [5, 5.41) is 1.82. The number of rotatable bonds is 3. The second-order valence-electron chi connectivity index (χ2n) is 11.3. The number of benzene rings is 6. The van der Waals surface area contributed by atoms with Crippen molar-refractivity contribution in [1.29, 1.82) is 0 Å². The van der Waals surface area contributed by atoms with E-state index in [4.69, 9.17) is 0 Å². The first-order valence-electron chi connectivity index (χ1n) is 14.7. The minimum absolute atomic E-state index is 0.0202. The minimum atomic E-state index is -0.0202. The number of hydrogen-bond donors (Lipinski definition) is 0. The smallest absolute Gasteiger partial charge is 0.266 e. The average molecular weight is 551 g/mol. The highest BCUT2D eigenvalue weighted by molar-refractivity contribution is 6.08. The normalized spacial score (nSPS) is 12.7. The van der Waals surface area contributed by atoms with E-state index in [-0.39, 0.29) is 11.5 Å². The zero-order chi connectivity index (χ0) is 28.5. The molecule has 0 atom stereocenters. The number of fused-ring (bicyclic) bond motifs is 8. The van der Waals surface area contributed by atoms with Crippen LogP contribution in [-0.4, -0.2) is 8.97 Å². The van der Waals surface area contributed by atoms with Crippen molar-refractivity contribution in [1.82, 2.24) is 8.97 Å². The van der Waals surface area contributed by atoms with Crippen LogP contribution in [0.1, 0.15) is 22.6 Å². The molecule has 6 aromatic carbocycles. The first-order chi connectivity index (χ1) is 21.3. The van der Waals surface area contributed by atoms with Crippen LogP contribution in [0, 0.1) is 0 Å². The third-order valence-electron chi connectivity index (χ3n) is 9.00. The van der Waals surface area contributed by atoms with Gasteiger partial charge in [-0.05, 0) is 69.8 Å². The van der Waals surface area contributed by atoms with Gasteiger partial charge in [-0.3, -0.25) is 13.8 Å². The Morgan fingerprint density at radius 1 is 0.512 bits per heavy atom. The van der Waals surface area contributed by atoms with Crippen molar-refractivity contribution < 1.29 is 0 Å². The second kappa shape index (κ2) is 9.17. The third kappa shape index (κ3) is 3.39. The Bertz CT molecular complexity index is 2370. The lowest BCUT2D eigenvalue weighted by Gasteiger charge is -2.15. The quantitative estimate of drug-likeness (QED) is 0.215. The molecular weight excluding hydrogens is 524 g/mol. The number of nitrogens with zero attached hydrogens (tertiary/aromatic N) is 2. The van der Waals surface area contributed by atoms with Crippen LogP contribution < -0.4 is 5.56 Å². The largest absolute Gasteiger partial charge is 0.294 e. The molecule has 0 spiro atoms. The van der Waals surface area contributed by atoms with Crippen LogP contribution in [0.5, 0.6) is 0 Å². The predicted octanol–water partition coefficient (Wildman–Crippen LogP) is 9.22.